The maximum absolute atomic E-state index is 6.53. The Bertz CT molecular complexity index is 1380. The number of benzene rings is 3. The molecule has 1 aliphatic heterocycles. The number of aryl methyl sites for hydroxylation is 2. The van der Waals surface area contributed by atoms with Crippen molar-refractivity contribution >= 4 is 49.7 Å². The number of nitrogens with zero attached hydrogens (tertiary/aromatic N) is 1. The number of fused-ring (bicyclic) bond motifs is 1. The van der Waals surface area contributed by atoms with Gasteiger partial charge in [-0.3, -0.25) is 0 Å². The molecule has 3 aromatic carbocycles. The normalized spacial score (nSPS) is 12.9. The fourth-order valence-corrected chi connectivity index (χ4v) is 27.1. The van der Waals surface area contributed by atoms with Crippen LogP contribution in [0, 0.1) is 13.8 Å². The average Bonchev–Trinajstić information content (AvgIpc) is 3.43. The van der Waals surface area contributed by atoms with Gasteiger partial charge in [-0.1, -0.05) is 0 Å². The Morgan fingerprint density at radius 2 is 1.02 bits per heavy atom. The zero-order chi connectivity index (χ0) is 30.2. The third kappa shape index (κ3) is 7.28. The molecule has 0 fully saturated rings. The number of hydrogen-bond acceptors (Lipinski definition) is 4. The second kappa shape index (κ2) is 15.0. The van der Waals surface area contributed by atoms with Gasteiger partial charge in [0, 0.05) is 0 Å². The van der Waals surface area contributed by atoms with Crippen molar-refractivity contribution in [2.75, 3.05) is 18.1 Å². The first-order valence-electron chi connectivity index (χ1n) is 16.5. The Balaban J connectivity index is 1.57. The second-order valence-electron chi connectivity index (χ2n) is 12.3. The maximum atomic E-state index is 6.53. The summed E-state index contributed by atoms with van der Waals surface area (Å²) in [6, 6.07) is 26.7. The molecule has 4 aromatic rings. The van der Waals surface area contributed by atoms with E-state index >= 15 is 0 Å². The third-order valence-electron chi connectivity index (χ3n) is 8.88. The van der Waals surface area contributed by atoms with Gasteiger partial charge in [0.25, 0.3) is 0 Å². The van der Waals surface area contributed by atoms with Crippen molar-refractivity contribution in [3.63, 3.8) is 0 Å². The summed E-state index contributed by atoms with van der Waals surface area (Å²) in [4.78, 5) is 3.61. The topological polar surface area (TPSA) is 21.7 Å². The van der Waals surface area contributed by atoms with Gasteiger partial charge >= 0.3 is 256 Å². The van der Waals surface area contributed by atoms with E-state index in [4.69, 9.17) is 9.47 Å². The Morgan fingerprint density at radius 1 is 0.605 bits per heavy atom. The van der Waals surface area contributed by atoms with Crippen LogP contribution in [0.15, 0.2) is 72.8 Å². The summed E-state index contributed by atoms with van der Waals surface area (Å²) in [5.41, 5.74) is 7.24. The van der Waals surface area contributed by atoms with Crippen LogP contribution in [-0.2, 0) is 0 Å². The SMILES string of the molecule is CCC[CH2][Sn]([CH2]CCC)([CH2]CCC)[c]1sc(-c2ccc(N(c3ccc(C)cc3)c3ccc(C)cc3)cc2)c2c1OCCO2. The summed E-state index contributed by atoms with van der Waals surface area (Å²) >= 11 is -0.695. The molecular formula is C38H49NO2SSn. The number of anilines is 3. The molecule has 0 N–H and O–H groups in total. The molecule has 3 nitrogen and oxygen atoms in total. The molecule has 43 heavy (non-hydrogen) atoms. The van der Waals surface area contributed by atoms with Crippen molar-refractivity contribution in [3.8, 4) is 21.9 Å². The number of thiophene rings is 1. The molecule has 5 heteroatoms. The summed E-state index contributed by atoms with van der Waals surface area (Å²) in [7, 11) is 0. The van der Waals surface area contributed by atoms with Gasteiger partial charge in [-0.25, -0.2) is 0 Å². The molecule has 0 saturated heterocycles. The first kappa shape index (κ1) is 32.0. The molecule has 0 spiro atoms. The monoisotopic (exact) mass is 703 g/mol. The zero-order valence-electron chi connectivity index (χ0n) is 26.9. The van der Waals surface area contributed by atoms with E-state index in [9.17, 15) is 0 Å². The molecule has 0 saturated carbocycles. The summed E-state index contributed by atoms with van der Waals surface area (Å²) in [6.07, 6.45) is 7.84. The van der Waals surface area contributed by atoms with Gasteiger partial charge < -0.3 is 0 Å². The standard InChI is InChI=1S/C26H22NO2S.3C4H9.Sn/c1-18-3-9-21(10-4-18)27(22-11-5-19(2)6-12-22)23-13-7-20(8-14-23)26-25-24(17-30-26)28-15-16-29-25;3*1-3-4-2;/h3-14H,15-16H2,1-2H3;3*1,3-4H2,2H3;. The van der Waals surface area contributed by atoms with Gasteiger partial charge in [0.05, 0.1) is 0 Å². The zero-order valence-corrected chi connectivity index (χ0v) is 30.5. The van der Waals surface area contributed by atoms with E-state index in [-0.39, 0.29) is 0 Å². The first-order chi connectivity index (χ1) is 21.0. The van der Waals surface area contributed by atoms with Crippen LogP contribution in [-0.4, -0.2) is 31.6 Å². The van der Waals surface area contributed by atoms with E-state index in [1.807, 2.05) is 11.3 Å². The van der Waals surface area contributed by atoms with E-state index in [0.717, 1.165) is 28.6 Å². The van der Waals surface area contributed by atoms with E-state index in [1.165, 1.54) is 73.4 Å². The van der Waals surface area contributed by atoms with E-state index in [2.05, 4.69) is 112 Å². The van der Waals surface area contributed by atoms with Gasteiger partial charge in [-0.05, 0) is 13.8 Å². The minimum atomic E-state index is -2.72. The van der Waals surface area contributed by atoms with Crippen LogP contribution in [0.4, 0.5) is 17.1 Å². The van der Waals surface area contributed by atoms with Gasteiger partial charge in [-0.15, -0.1) is 0 Å². The van der Waals surface area contributed by atoms with Gasteiger partial charge in [0.15, 0.2) is 0 Å². The Kier molecular flexibility index (Phi) is 11.2. The van der Waals surface area contributed by atoms with Crippen molar-refractivity contribution in [1.82, 2.24) is 0 Å². The molecule has 5 rings (SSSR count). The van der Waals surface area contributed by atoms with E-state index in [1.54, 1.807) is 2.89 Å². The van der Waals surface area contributed by atoms with Crippen LogP contribution in [0.5, 0.6) is 11.5 Å². The van der Waals surface area contributed by atoms with Crippen molar-refractivity contribution < 1.29 is 9.47 Å². The van der Waals surface area contributed by atoms with Crippen LogP contribution in [0.3, 0.4) is 0 Å². The van der Waals surface area contributed by atoms with Crippen LogP contribution < -0.4 is 17.3 Å². The first-order valence-corrected chi connectivity index (χ1v) is 24.8. The summed E-state index contributed by atoms with van der Waals surface area (Å²) < 4.78 is 18.9. The van der Waals surface area contributed by atoms with Crippen LogP contribution in [0.2, 0.25) is 13.3 Å². The summed E-state index contributed by atoms with van der Waals surface area (Å²) in [5, 5.41) is 0. The molecule has 0 atom stereocenters. The van der Waals surface area contributed by atoms with Gasteiger partial charge in [-0.2, -0.15) is 0 Å². The fourth-order valence-electron chi connectivity index (χ4n) is 6.35. The molecule has 0 aliphatic carbocycles. The number of unbranched alkanes of at least 4 members (excludes halogenated alkanes) is 3. The van der Waals surface area contributed by atoms with Crippen LogP contribution in [0.25, 0.3) is 10.4 Å². The molecule has 0 bridgehead atoms. The van der Waals surface area contributed by atoms with Crippen molar-refractivity contribution in [2.45, 2.75) is 86.5 Å². The molecule has 1 aliphatic rings. The van der Waals surface area contributed by atoms with Gasteiger partial charge in [0.2, 0.25) is 0 Å². The fraction of sp³-hybridized carbons (Fsp3) is 0.421. The quantitative estimate of drug-likeness (QED) is 0.122. The molecule has 2 heterocycles. The molecule has 0 unspecified atom stereocenters. The predicted octanol–water partition coefficient (Wildman–Crippen LogP) is 11.3. The Hall–Kier alpha value is -2.44. The van der Waals surface area contributed by atoms with E-state index < -0.39 is 18.4 Å². The predicted molar refractivity (Wildman–Crippen MR) is 189 cm³/mol. The Labute approximate surface area is 268 Å². The minimum absolute atomic E-state index is 0.629. The number of hydrogen-bond donors (Lipinski definition) is 0. The van der Waals surface area contributed by atoms with E-state index in [0.29, 0.717) is 13.2 Å². The van der Waals surface area contributed by atoms with Crippen molar-refractivity contribution in [3.05, 3.63) is 83.9 Å². The molecule has 1 aromatic heterocycles. The summed E-state index contributed by atoms with van der Waals surface area (Å²) in [5.74, 6) is 2.13. The third-order valence-corrected chi connectivity index (χ3v) is 28.3. The van der Waals surface area contributed by atoms with Crippen molar-refractivity contribution in [1.29, 1.82) is 0 Å². The number of ether oxygens (including phenoxy) is 2. The van der Waals surface area contributed by atoms with Crippen molar-refractivity contribution in [2.24, 2.45) is 0 Å². The average molecular weight is 703 g/mol. The number of rotatable bonds is 14. The van der Waals surface area contributed by atoms with Gasteiger partial charge in [0.1, 0.15) is 0 Å². The Morgan fingerprint density at radius 3 is 1.47 bits per heavy atom. The summed E-state index contributed by atoms with van der Waals surface area (Å²) in [6.45, 7) is 12.6. The molecule has 228 valence electrons. The molecule has 0 amide bonds. The molecular weight excluding hydrogens is 653 g/mol. The molecule has 0 radical (unpaired) electrons. The second-order valence-corrected chi connectivity index (χ2v) is 27.3. The van der Waals surface area contributed by atoms with Crippen LogP contribution >= 0.6 is 11.3 Å². The van der Waals surface area contributed by atoms with Crippen LogP contribution in [0.1, 0.15) is 70.4 Å².